The number of rotatable bonds is 3. The minimum absolute atomic E-state index is 0.163. The SMILES string of the molecule is Cc1cc(C)c(CNC(=O)c2cc(Br)cc3[nH]ccc23)c(=O)[nH]1. The van der Waals surface area contributed by atoms with Crippen LogP contribution in [0, 0.1) is 13.8 Å². The predicted octanol–water partition coefficient (Wildman–Crippen LogP) is 3.17. The van der Waals surface area contributed by atoms with Crippen LogP contribution in [-0.4, -0.2) is 15.9 Å². The van der Waals surface area contributed by atoms with E-state index in [1.807, 2.05) is 32.0 Å². The standard InChI is InChI=1S/C17H16BrN3O2/c1-9-5-10(2)21-17(23)14(9)8-20-16(22)13-6-11(18)7-15-12(13)3-4-19-15/h3-7,19H,8H2,1-2H3,(H,20,22)(H,21,23). The summed E-state index contributed by atoms with van der Waals surface area (Å²) in [7, 11) is 0. The number of aromatic nitrogens is 2. The fraction of sp³-hybridized carbons (Fsp3) is 0.176. The van der Waals surface area contributed by atoms with Crippen molar-refractivity contribution in [3.8, 4) is 0 Å². The molecule has 0 saturated carbocycles. The largest absolute Gasteiger partial charge is 0.361 e. The molecule has 0 unspecified atom stereocenters. The van der Waals surface area contributed by atoms with E-state index in [0.29, 0.717) is 11.1 Å². The number of carbonyl (C=O) groups is 1. The smallest absolute Gasteiger partial charge is 0.253 e. The summed E-state index contributed by atoms with van der Waals surface area (Å²) >= 11 is 3.41. The van der Waals surface area contributed by atoms with Crippen LogP contribution in [0.25, 0.3) is 10.9 Å². The van der Waals surface area contributed by atoms with Crippen molar-refractivity contribution in [1.82, 2.24) is 15.3 Å². The van der Waals surface area contributed by atoms with E-state index in [2.05, 4.69) is 31.2 Å². The molecule has 3 N–H and O–H groups in total. The van der Waals surface area contributed by atoms with E-state index < -0.39 is 0 Å². The molecule has 2 heterocycles. The van der Waals surface area contributed by atoms with Gasteiger partial charge in [-0.05, 0) is 43.7 Å². The summed E-state index contributed by atoms with van der Waals surface area (Å²) in [5.41, 5.74) is 3.54. The fourth-order valence-corrected chi connectivity index (χ4v) is 3.14. The van der Waals surface area contributed by atoms with Gasteiger partial charge in [-0.2, -0.15) is 0 Å². The predicted molar refractivity (Wildman–Crippen MR) is 93.7 cm³/mol. The van der Waals surface area contributed by atoms with Gasteiger partial charge in [-0.3, -0.25) is 9.59 Å². The first kappa shape index (κ1) is 15.6. The first-order valence-electron chi connectivity index (χ1n) is 7.20. The Bertz CT molecular complexity index is 956. The lowest BCUT2D eigenvalue weighted by Crippen LogP contribution is -2.28. The van der Waals surface area contributed by atoms with Crippen LogP contribution in [0.1, 0.15) is 27.2 Å². The van der Waals surface area contributed by atoms with Crippen molar-refractivity contribution in [1.29, 1.82) is 0 Å². The number of aryl methyl sites for hydroxylation is 2. The fourth-order valence-electron chi connectivity index (χ4n) is 2.68. The van der Waals surface area contributed by atoms with E-state index in [9.17, 15) is 9.59 Å². The van der Waals surface area contributed by atoms with Gasteiger partial charge >= 0.3 is 0 Å². The molecule has 2 aromatic heterocycles. The molecule has 1 amide bonds. The zero-order valence-electron chi connectivity index (χ0n) is 12.8. The van der Waals surface area contributed by atoms with Gasteiger partial charge in [-0.1, -0.05) is 15.9 Å². The highest BCUT2D eigenvalue weighted by molar-refractivity contribution is 9.10. The van der Waals surface area contributed by atoms with Crippen LogP contribution in [0.15, 0.2) is 39.7 Å². The maximum absolute atomic E-state index is 12.5. The highest BCUT2D eigenvalue weighted by Crippen LogP contribution is 2.23. The van der Waals surface area contributed by atoms with Gasteiger partial charge in [0.05, 0.1) is 0 Å². The van der Waals surface area contributed by atoms with Crippen molar-refractivity contribution >= 4 is 32.7 Å². The van der Waals surface area contributed by atoms with Crippen LogP contribution in [0.4, 0.5) is 0 Å². The Morgan fingerprint density at radius 2 is 2.04 bits per heavy atom. The number of fused-ring (bicyclic) bond motifs is 1. The molecule has 6 heteroatoms. The number of carbonyl (C=O) groups excluding carboxylic acids is 1. The lowest BCUT2D eigenvalue weighted by Gasteiger charge is -2.09. The first-order chi connectivity index (χ1) is 11.0. The van der Waals surface area contributed by atoms with E-state index in [0.717, 1.165) is 26.6 Å². The number of hydrogen-bond donors (Lipinski definition) is 3. The number of benzene rings is 1. The topological polar surface area (TPSA) is 77.8 Å². The average molecular weight is 374 g/mol. The number of hydrogen-bond acceptors (Lipinski definition) is 2. The number of halogens is 1. The molecule has 0 aliphatic rings. The Labute approximate surface area is 141 Å². The summed E-state index contributed by atoms with van der Waals surface area (Å²) in [6, 6.07) is 7.45. The third-order valence-electron chi connectivity index (χ3n) is 3.80. The van der Waals surface area contributed by atoms with E-state index in [1.54, 1.807) is 12.3 Å². The van der Waals surface area contributed by atoms with Gasteiger partial charge in [0.2, 0.25) is 0 Å². The van der Waals surface area contributed by atoms with Crippen molar-refractivity contribution in [2.75, 3.05) is 0 Å². The zero-order valence-corrected chi connectivity index (χ0v) is 14.4. The van der Waals surface area contributed by atoms with E-state index in [4.69, 9.17) is 0 Å². The molecule has 5 nitrogen and oxygen atoms in total. The maximum Gasteiger partial charge on any atom is 0.253 e. The summed E-state index contributed by atoms with van der Waals surface area (Å²) in [5, 5.41) is 3.68. The number of amides is 1. The molecule has 0 saturated heterocycles. The lowest BCUT2D eigenvalue weighted by molar-refractivity contribution is 0.0952. The second-order valence-corrected chi connectivity index (χ2v) is 6.43. The molecule has 23 heavy (non-hydrogen) atoms. The summed E-state index contributed by atoms with van der Waals surface area (Å²) in [5.74, 6) is -0.213. The van der Waals surface area contributed by atoms with Gasteiger partial charge in [0, 0.05) is 44.9 Å². The van der Waals surface area contributed by atoms with Crippen molar-refractivity contribution in [2.45, 2.75) is 20.4 Å². The molecule has 1 aromatic carbocycles. The molecule has 0 aliphatic carbocycles. The van der Waals surface area contributed by atoms with Crippen molar-refractivity contribution < 1.29 is 4.79 Å². The Hall–Kier alpha value is -2.34. The van der Waals surface area contributed by atoms with Crippen molar-refractivity contribution in [3.05, 3.63) is 67.7 Å². The Morgan fingerprint density at radius 3 is 2.78 bits per heavy atom. The van der Waals surface area contributed by atoms with E-state index in [1.165, 1.54) is 0 Å². The number of H-pyrrole nitrogens is 2. The van der Waals surface area contributed by atoms with Gasteiger partial charge in [0.1, 0.15) is 0 Å². The quantitative estimate of drug-likeness (QED) is 0.659. The van der Waals surface area contributed by atoms with Crippen LogP contribution in [0.2, 0.25) is 0 Å². The summed E-state index contributed by atoms with van der Waals surface area (Å²) in [6.07, 6.45) is 1.79. The number of nitrogens with one attached hydrogen (secondary N) is 3. The molecule has 118 valence electrons. The summed E-state index contributed by atoms with van der Waals surface area (Å²) in [6.45, 7) is 3.90. The van der Waals surface area contributed by atoms with Gasteiger partial charge in [-0.25, -0.2) is 0 Å². The number of aromatic amines is 2. The third-order valence-corrected chi connectivity index (χ3v) is 4.26. The van der Waals surface area contributed by atoms with E-state index >= 15 is 0 Å². The average Bonchev–Trinajstić information content (AvgIpc) is 2.92. The molecular weight excluding hydrogens is 358 g/mol. The van der Waals surface area contributed by atoms with Crippen molar-refractivity contribution in [3.63, 3.8) is 0 Å². The van der Waals surface area contributed by atoms with Gasteiger partial charge in [0.25, 0.3) is 11.5 Å². The zero-order chi connectivity index (χ0) is 16.6. The molecule has 0 atom stereocenters. The van der Waals surface area contributed by atoms with Gasteiger partial charge < -0.3 is 15.3 Å². The van der Waals surface area contributed by atoms with Crippen LogP contribution in [0.5, 0.6) is 0 Å². The van der Waals surface area contributed by atoms with Crippen LogP contribution < -0.4 is 10.9 Å². The van der Waals surface area contributed by atoms with Crippen LogP contribution in [-0.2, 0) is 6.54 Å². The number of pyridine rings is 1. The lowest BCUT2D eigenvalue weighted by atomic mass is 10.1. The minimum Gasteiger partial charge on any atom is -0.361 e. The summed E-state index contributed by atoms with van der Waals surface area (Å²) in [4.78, 5) is 30.4. The molecule has 0 radical (unpaired) electrons. The van der Waals surface area contributed by atoms with Crippen molar-refractivity contribution in [2.24, 2.45) is 0 Å². The van der Waals surface area contributed by atoms with Crippen LogP contribution in [0.3, 0.4) is 0 Å². The highest BCUT2D eigenvalue weighted by atomic mass is 79.9. The second-order valence-electron chi connectivity index (χ2n) is 5.52. The Morgan fingerprint density at radius 1 is 1.26 bits per heavy atom. The van der Waals surface area contributed by atoms with Gasteiger partial charge in [0.15, 0.2) is 0 Å². The third kappa shape index (κ3) is 3.07. The second kappa shape index (κ2) is 6.04. The Balaban J connectivity index is 1.88. The molecular formula is C17H16BrN3O2. The summed E-state index contributed by atoms with van der Waals surface area (Å²) < 4.78 is 0.821. The van der Waals surface area contributed by atoms with Gasteiger partial charge in [-0.15, -0.1) is 0 Å². The normalized spacial score (nSPS) is 10.9. The minimum atomic E-state index is -0.213. The van der Waals surface area contributed by atoms with E-state index in [-0.39, 0.29) is 18.0 Å². The first-order valence-corrected chi connectivity index (χ1v) is 7.99. The monoisotopic (exact) mass is 373 g/mol. The molecule has 0 aliphatic heterocycles. The highest BCUT2D eigenvalue weighted by Gasteiger charge is 2.13. The molecule has 3 aromatic rings. The molecule has 0 spiro atoms. The van der Waals surface area contributed by atoms with Crippen LogP contribution >= 0.6 is 15.9 Å². The molecule has 3 rings (SSSR count). The maximum atomic E-state index is 12.5. The Kier molecular flexibility index (Phi) is 4.09. The molecule has 0 bridgehead atoms. The molecule has 0 fully saturated rings.